The van der Waals surface area contributed by atoms with E-state index in [4.69, 9.17) is 10.2 Å². The molecule has 15 heavy (non-hydrogen) atoms. The Kier molecular flexibility index (Phi) is 4.69. The van der Waals surface area contributed by atoms with Gasteiger partial charge in [-0.15, -0.1) is 0 Å². The molecule has 1 atom stereocenters. The molecule has 0 aromatic rings. The van der Waals surface area contributed by atoms with E-state index in [0.717, 1.165) is 0 Å². The van der Waals surface area contributed by atoms with Crippen molar-refractivity contribution in [2.75, 3.05) is 12.4 Å². The molecule has 0 aliphatic heterocycles. The SMILES string of the molecule is CC(C)(C)CS(=O)(=O)NC(CO)C(=O)O. The van der Waals surface area contributed by atoms with Crippen molar-refractivity contribution in [2.45, 2.75) is 26.8 Å². The normalized spacial score (nSPS) is 14.9. The molecule has 0 saturated heterocycles. The molecule has 0 saturated carbocycles. The van der Waals surface area contributed by atoms with E-state index < -0.39 is 34.1 Å². The molecule has 6 nitrogen and oxygen atoms in total. The average molecular weight is 239 g/mol. The monoisotopic (exact) mass is 239 g/mol. The average Bonchev–Trinajstić information content (AvgIpc) is 1.94. The van der Waals surface area contributed by atoms with E-state index in [-0.39, 0.29) is 5.75 Å². The largest absolute Gasteiger partial charge is 0.480 e. The maximum Gasteiger partial charge on any atom is 0.324 e. The Morgan fingerprint density at radius 2 is 1.87 bits per heavy atom. The highest BCUT2D eigenvalue weighted by atomic mass is 32.2. The van der Waals surface area contributed by atoms with E-state index in [0.29, 0.717) is 0 Å². The topological polar surface area (TPSA) is 104 Å². The lowest BCUT2D eigenvalue weighted by atomic mass is 10.0. The van der Waals surface area contributed by atoms with Gasteiger partial charge in [-0.2, -0.15) is 4.72 Å². The lowest BCUT2D eigenvalue weighted by molar-refractivity contribution is -0.139. The minimum absolute atomic E-state index is 0.191. The summed E-state index contributed by atoms with van der Waals surface area (Å²) in [6, 6.07) is -1.47. The molecule has 0 aromatic carbocycles. The molecule has 0 aliphatic carbocycles. The quantitative estimate of drug-likeness (QED) is 0.594. The summed E-state index contributed by atoms with van der Waals surface area (Å²) in [6.45, 7) is 4.40. The number of rotatable bonds is 5. The van der Waals surface area contributed by atoms with Crippen molar-refractivity contribution in [3.8, 4) is 0 Å². The number of aliphatic hydroxyl groups excluding tert-OH is 1. The number of carboxylic acid groups (broad SMARTS) is 1. The lowest BCUT2D eigenvalue weighted by Gasteiger charge is -2.20. The second-order valence-corrected chi connectivity index (χ2v) is 6.26. The number of sulfonamides is 1. The van der Waals surface area contributed by atoms with Gasteiger partial charge in [0, 0.05) is 0 Å². The number of hydrogen-bond donors (Lipinski definition) is 3. The maximum absolute atomic E-state index is 11.4. The molecule has 3 N–H and O–H groups in total. The summed E-state index contributed by atoms with van der Waals surface area (Å²) in [5.41, 5.74) is -0.468. The number of carboxylic acids is 1. The summed E-state index contributed by atoms with van der Waals surface area (Å²) in [6.07, 6.45) is 0. The molecule has 0 fully saturated rings. The van der Waals surface area contributed by atoms with Crippen molar-refractivity contribution in [1.82, 2.24) is 4.72 Å². The minimum Gasteiger partial charge on any atom is -0.480 e. The molecule has 0 spiro atoms. The van der Waals surface area contributed by atoms with Crippen molar-refractivity contribution >= 4 is 16.0 Å². The van der Waals surface area contributed by atoms with Crippen LogP contribution in [0.4, 0.5) is 0 Å². The maximum atomic E-state index is 11.4. The highest BCUT2D eigenvalue weighted by molar-refractivity contribution is 7.89. The third-order valence-electron chi connectivity index (χ3n) is 1.43. The van der Waals surface area contributed by atoms with Gasteiger partial charge in [0.25, 0.3) is 0 Å². The van der Waals surface area contributed by atoms with Gasteiger partial charge in [0.1, 0.15) is 6.04 Å². The van der Waals surface area contributed by atoms with E-state index in [1.54, 1.807) is 20.8 Å². The van der Waals surface area contributed by atoms with Crippen LogP contribution in [0.25, 0.3) is 0 Å². The Bertz CT molecular complexity index is 316. The third-order valence-corrected chi connectivity index (χ3v) is 3.32. The van der Waals surface area contributed by atoms with Crippen LogP contribution in [0.2, 0.25) is 0 Å². The highest BCUT2D eigenvalue weighted by Crippen LogP contribution is 2.15. The summed E-state index contributed by atoms with van der Waals surface area (Å²) < 4.78 is 24.8. The van der Waals surface area contributed by atoms with Crippen LogP contribution in [0.15, 0.2) is 0 Å². The zero-order valence-corrected chi connectivity index (χ0v) is 9.84. The first-order valence-corrected chi connectivity index (χ1v) is 6.06. The molecule has 0 heterocycles. The van der Waals surface area contributed by atoms with Gasteiger partial charge in [-0.1, -0.05) is 20.8 Å². The van der Waals surface area contributed by atoms with E-state index >= 15 is 0 Å². The van der Waals surface area contributed by atoms with Crippen LogP contribution in [0, 0.1) is 5.41 Å². The van der Waals surface area contributed by atoms with Gasteiger partial charge in [0.15, 0.2) is 0 Å². The molecular formula is C8H17NO5S. The fourth-order valence-electron chi connectivity index (χ4n) is 0.994. The molecule has 90 valence electrons. The Hall–Kier alpha value is -0.660. The van der Waals surface area contributed by atoms with E-state index in [1.165, 1.54) is 0 Å². The lowest BCUT2D eigenvalue weighted by Crippen LogP contribution is -2.45. The van der Waals surface area contributed by atoms with E-state index in [1.807, 2.05) is 4.72 Å². The van der Waals surface area contributed by atoms with Gasteiger partial charge in [-0.05, 0) is 5.41 Å². The molecule has 0 amide bonds. The van der Waals surface area contributed by atoms with Crippen molar-refractivity contribution < 1.29 is 23.4 Å². The van der Waals surface area contributed by atoms with E-state index in [2.05, 4.69) is 0 Å². The summed E-state index contributed by atoms with van der Waals surface area (Å²) in [7, 11) is -3.69. The van der Waals surface area contributed by atoms with Crippen molar-refractivity contribution in [2.24, 2.45) is 5.41 Å². The van der Waals surface area contributed by atoms with Crippen LogP contribution >= 0.6 is 0 Å². The molecule has 1 unspecified atom stereocenters. The molecular weight excluding hydrogens is 222 g/mol. The van der Waals surface area contributed by atoms with Gasteiger partial charge in [0.05, 0.1) is 12.4 Å². The standard InChI is InChI=1S/C8H17NO5S/c1-8(2,3)5-15(13,14)9-6(4-10)7(11)12/h6,9-10H,4-5H2,1-3H3,(H,11,12). The summed E-state index contributed by atoms with van der Waals surface area (Å²) in [4.78, 5) is 10.5. The van der Waals surface area contributed by atoms with Gasteiger partial charge in [-0.25, -0.2) is 8.42 Å². The molecule has 7 heteroatoms. The molecule has 0 radical (unpaired) electrons. The fourth-order valence-corrected chi connectivity index (χ4v) is 2.83. The second kappa shape index (κ2) is 4.91. The zero-order chi connectivity index (χ0) is 12.3. The molecule has 0 rings (SSSR count). The Balaban J connectivity index is 4.57. The molecule has 0 bridgehead atoms. The fraction of sp³-hybridized carbons (Fsp3) is 0.875. The van der Waals surface area contributed by atoms with Gasteiger partial charge in [0.2, 0.25) is 10.0 Å². The molecule has 0 aliphatic rings. The number of carbonyl (C=O) groups is 1. The number of hydrogen-bond acceptors (Lipinski definition) is 4. The highest BCUT2D eigenvalue weighted by Gasteiger charge is 2.27. The van der Waals surface area contributed by atoms with Gasteiger partial charge >= 0.3 is 5.97 Å². The zero-order valence-electron chi connectivity index (χ0n) is 9.02. The van der Waals surface area contributed by atoms with Crippen molar-refractivity contribution in [3.63, 3.8) is 0 Å². The van der Waals surface area contributed by atoms with E-state index in [9.17, 15) is 13.2 Å². The van der Waals surface area contributed by atoms with Gasteiger partial charge < -0.3 is 10.2 Å². The number of aliphatic hydroxyl groups is 1. The first-order chi connectivity index (χ1) is 6.57. The third kappa shape index (κ3) is 6.43. The minimum atomic E-state index is -3.69. The van der Waals surface area contributed by atoms with Crippen molar-refractivity contribution in [3.05, 3.63) is 0 Å². The first kappa shape index (κ1) is 14.3. The summed E-state index contributed by atoms with van der Waals surface area (Å²) in [5.74, 6) is -1.58. The predicted molar refractivity (Wildman–Crippen MR) is 54.9 cm³/mol. The smallest absolute Gasteiger partial charge is 0.324 e. The van der Waals surface area contributed by atoms with Crippen LogP contribution in [0.3, 0.4) is 0 Å². The van der Waals surface area contributed by atoms with Crippen LogP contribution in [0.1, 0.15) is 20.8 Å². The van der Waals surface area contributed by atoms with Crippen LogP contribution in [-0.4, -0.2) is 43.0 Å². The Morgan fingerprint density at radius 3 is 2.13 bits per heavy atom. The first-order valence-electron chi connectivity index (χ1n) is 4.41. The van der Waals surface area contributed by atoms with Crippen LogP contribution in [0.5, 0.6) is 0 Å². The van der Waals surface area contributed by atoms with Crippen molar-refractivity contribution in [1.29, 1.82) is 0 Å². The Morgan fingerprint density at radius 1 is 1.40 bits per heavy atom. The van der Waals surface area contributed by atoms with Gasteiger partial charge in [-0.3, -0.25) is 4.79 Å². The number of nitrogens with one attached hydrogen (secondary N) is 1. The second-order valence-electron chi connectivity index (χ2n) is 4.51. The van der Waals surface area contributed by atoms with Crippen LogP contribution < -0.4 is 4.72 Å². The Labute approximate surface area is 89.4 Å². The summed E-state index contributed by atoms with van der Waals surface area (Å²) >= 11 is 0. The molecule has 0 aromatic heterocycles. The predicted octanol–water partition coefficient (Wildman–Crippen LogP) is -0.603. The summed E-state index contributed by atoms with van der Waals surface area (Å²) in [5, 5.41) is 17.2. The number of aliphatic carboxylic acids is 1. The van der Waals surface area contributed by atoms with Crippen LogP contribution in [-0.2, 0) is 14.8 Å².